The number of benzene rings is 1. The molecule has 1 aliphatic carbocycles. The molecule has 1 aromatic carbocycles. The van der Waals surface area contributed by atoms with E-state index in [0.717, 1.165) is 34.6 Å². The van der Waals surface area contributed by atoms with Crippen LogP contribution in [0.2, 0.25) is 0 Å². The summed E-state index contributed by atoms with van der Waals surface area (Å²) in [5.74, 6) is 0.873. The number of carbonyl (C=O) groups excluding carboxylic acids is 2. The van der Waals surface area contributed by atoms with Crippen LogP contribution < -0.4 is 20.7 Å². The lowest BCUT2D eigenvalue weighted by Crippen LogP contribution is -2.31. The number of nitrogens with zero attached hydrogens (tertiary/aromatic N) is 2. The van der Waals surface area contributed by atoms with Gasteiger partial charge in [-0.3, -0.25) is 14.6 Å². The van der Waals surface area contributed by atoms with Crippen LogP contribution in [0.1, 0.15) is 24.8 Å². The molecular weight excluding hydrogens is 450 g/mol. The van der Waals surface area contributed by atoms with E-state index < -0.39 is 0 Å². The number of hydrogen-bond donors (Lipinski definition) is 3. The molecule has 174 valence electrons. The molecule has 0 spiro atoms. The van der Waals surface area contributed by atoms with Crippen molar-refractivity contribution in [1.29, 1.82) is 0 Å². The van der Waals surface area contributed by atoms with Crippen molar-refractivity contribution in [3.05, 3.63) is 59.8 Å². The van der Waals surface area contributed by atoms with E-state index in [1.54, 1.807) is 37.2 Å². The average Bonchev–Trinajstić information content (AvgIpc) is 2.87. The smallest absolute Gasteiger partial charge is 0.251 e. The number of ether oxygens (including phenoxy) is 1. The number of fused-ring (bicyclic) bond motifs is 2. The number of methoxy groups -OCH3 is 1. The lowest BCUT2D eigenvalue weighted by Gasteiger charge is -2.23. The van der Waals surface area contributed by atoms with Crippen molar-refractivity contribution in [2.45, 2.75) is 36.7 Å². The van der Waals surface area contributed by atoms with E-state index in [1.807, 2.05) is 18.2 Å². The summed E-state index contributed by atoms with van der Waals surface area (Å²) in [5, 5.41) is 9.50. The minimum absolute atomic E-state index is 0.0421. The molecule has 2 amide bonds. The zero-order valence-corrected chi connectivity index (χ0v) is 19.6. The van der Waals surface area contributed by atoms with Crippen molar-refractivity contribution in [1.82, 2.24) is 15.3 Å². The molecule has 0 fully saturated rings. The summed E-state index contributed by atoms with van der Waals surface area (Å²) in [5.41, 5.74) is 4.71. The molecule has 2 aliphatic rings. The molecule has 0 saturated heterocycles. The van der Waals surface area contributed by atoms with E-state index in [4.69, 9.17) is 4.74 Å². The highest BCUT2D eigenvalue weighted by molar-refractivity contribution is 8.00. The van der Waals surface area contributed by atoms with Crippen LogP contribution in [0.5, 0.6) is 5.88 Å². The number of rotatable bonds is 6. The Hall–Kier alpha value is -3.43. The lowest BCUT2D eigenvalue weighted by molar-refractivity contribution is -0.114. The van der Waals surface area contributed by atoms with E-state index in [2.05, 4.69) is 38.1 Å². The highest BCUT2D eigenvalue weighted by Crippen LogP contribution is 2.32. The van der Waals surface area contributed by atoms with Crippen LogP contribution in [-0.2, 0) is 16.1 Å². The standard InChI is InChI=1S/C25H25N5O3S/c1-33-23-9-7-18-24(30-23)19(10-11-26-18)29-25(32)16-3-5-17(6-4-16)27-13-15-2-8-21-20(12-15)28-22(31)14-34-21/h2-3,7-12,17,27H,4-6,13-14H2,1H3,(H,28,31)(H,26,29,32)/t17-/m0/s1. The van der Waals surface area contributed by atoms with E-state index in [0.29, 0.717) is 47.4 Å². The highest BCUT2D eigenvalue weighted by Gasteiger charge is 2.20. The van der Waals surface area contributed by atoms with Gasteiger partial charge in [-0.2, -0.15) is 0 Å². The monoisotopic (exact) mass is 475 g/mol. The Labute approximate surface area is 201 Å². The number of thioether (sulfide) groups is 1. The van der Waals surface area contributed by atoms with Crippen molar-refractivity contribution in [2.75, 3.05) is 23.5 Å². The van der Waals surface area contributed by atoms with E-state index in [9.17, 15) is 9.59 Å². The number of nitrogens with one attached hydrogen (secondary N) is 3. The second kappa shape index (κ2) is 9.82. The first kappa shape index (κ1) is 22.4. The molecule has 5 rings (SSSR count). The van der Waals surface area contributed by atoms with Gasteiger partial charge in [0.2, 0.25) is 11.8 Å². The van der Waals surface area contributed by atoms with Gasteiger partial charge in [0.15, 0.2) is 0 Å². The van der Waals surface area contributed by atoms with Crippen molar-refractivity contribution < 1.29 is 14.3 Å². The Morgan fingerprint density at radius 2 is 2.18 bits per heavy atom. The summed E-state index contributed by atoms with van der Waals surface area (Å²) < 4.78 is 5.21. The number of carbonyl (C=O) groups is 2. The second-order valence-electron chi connectivity index (χ2n) is 8.28. The quantitative estimate of drug-likeness (QED) is 0.497. The van der Waals surface area contributed by atoms with Gasteiger partial charge >= 0.3 is 0 Å². The summed E-state index contributed by atoms with van der Waals surface area (Å²) in [4.78, 5) is 34.4. The third-order valence-electron chi connectivity index (χ3n) is 5.99. The summed E-state index contributed by atoms with van der Waals surface area (Å²) in [6, 6.07) is 11.8. The van der Waals surface area contributed by atoms with Crippen LogP contribution in [0.25, 0.3) is 11.0 Å². The van der Waals surface area contributed by atoms with Crippen molar-refractivity contribution in [3.8, 4) is 5.88 Å². The maximum atomic E-state index is 12.9. The summed E-state index contributed by atoms with van der Waals surface area (Å²) >= 11 is 1.57. The molecule has 8 nitrogen and oxygen atoms in total. The maximum absolute atomic E-state index is 12.9. The number of aromatic nitrogens is 2. The summed E-state index contributed by atoms with van der Waals surface area (Å²) in [7, 11) is 1.56. The van der Waals surface area contributed by atoms with Gasteiger partial charge < -0.3 is 20.7 Å². The highest BCUT2D eigenvalue weighted by atomic mass is 32.2. The normalized spacial score (nSPS) is 17.5. The fourth-order valence-electron chi connectivity index (χ4n) is 4.15. The number of hydrogen-bond acceptors (Lipinski definition) is 7. The van der Waals surface area contributed by atoms with Gasteiger partial charge in [-0.15, -0.1) is 11.8 Å². The third kappa shape index (κ3) is 4.90. The molecular formula is C25H25N5O3S. The van der Waals surface area contributed by atoms with Crippen LogP contribution >= 0.6 is 11.8 Å². The summed E-state index contributed by atoms with van der Waals surface area (Å²) in [6.45, 7) is 0.713. The van der Waals surface area contributed by atoms with Gasteiger partial charge in [0.05, 0.1) is 29.8 Å². The Bertz CT molecular complexity index is 1290. The van der Waals surface area contributed by atoms with E-state index >= 15 is 0 Å². The molecule has 0 saturated carbocycles. The first-order valence-electron chi connectivity index (χ1n) is 11.2. The van der Waals surface area contributed by atoms with E-state index in [-0.39, 0.29) is 11.8 Å². The lowest BCUT2D eigenvalue weighted by atomic mass is 9.94. The van der Waals surface area contributed by atoms with Crippen LogP contribution in [0, 0.1) is 0 Å². The van der Waals surface area contributed by atoms with E-state index in [1.165, 1.54) is 0 Å². The van der Waals surface area contributed by atoms with Crippen LogP contribution in [0.3, 0.4) is 0 Å². The topological polar surface area (TPSA) is 105 Å². The predicted octanol–water partition coefficient (Wildman–Crippen LogP) is 3.89. The minimum Gasteiger partial charge on any atom is -0.481 e. The van der Waals surface area contributed by atoms with Crippen molar-refractivity contribution in [3.63, 3.8) is 0 Å². The van der Waals surface area contributed by atoms with Crippen LogP contribution in [0.15, 0.2) is 59.1 Å². The molecule has 0 radical (unpaired) electrons. The molecule has 2 aromatic heterocycles. The zero-order valence-electron chi connectivity index (χ0n) is 18.8. The van der Waals surface area contributed by atoms with Gasteiger partial charge in [0.25, 0.3) is 5.91 Å². The van der Waals surface area contributed by atoms with Crippen molar-refractivity contribution in [2.24, 2.45) is 0 Å². The Morgan fingerprint density at radius 3 is 3.00 bits per heavy atom. The summed E-state index contributed by atoms with van der Waals surface area (Å²) in [6.07, 6.45) is 6.02. The Balaban J connectivity index is 1.19. The first-order valence-corrected chi connectivity index (χ1v) is 12.2. The molecule has 0 bridgehead atoms. The number of pyridine rings is 2. The molecule has 3 heterocycles. The third-order valence-corrected chi connectivity index (χ3v) is 7.06. The minimum atomic E-state index is -0.113. The largest absolute Gasteiger partial charge is 0.481 e. The maximum Gasteiger partial charge on any atom is 0.251 e. The Morgan fingerprint density at radius 1 is 1.26 bits per heavy atom. The fraction of sp³-hybridized carbons (Fsp3) is 0.280. The SMILES string of the molecule is COc1ccc2nccc(NC(=O)C3=CC[C@H](NCc4ccc5c(c4)NC(=O)CS5)CC3)c2n1. The van der Waals surface area contributed by atoms with Gasteiger partial charge in [0, 0.05) is 35.3 Å². The number of amides is 2. The molecule has 1 aliphatic heterocycles. The fourth-order valence-corrected chi connectivity index (χ4v) is 4.94. The van der Waals surface area contributed by atoms with Gasteiger partial charge in [-0.25, -0.2) is 4.98 Å². The predicted molar refractivity (Wildman–Crippen MR) is 133 cm³/mol. The van der Waals surface area contributed by atoms with Gasteiger partial charge in [0.1, 0.15) is 5.52 Å². The average molecular weight is 476 g/mol. The van der Waals surface area contributed by atoms with Gasteiger partial charge in [-0.1, -0.05) is 12.1 Å². The molecule has 3 N–H and O–H groups in total. The second-order valence-corrected chi connectivity index (χ2v) is 9.30. The molecule has 34 heavy (non-hydrogen) atoms. The number of anilines is 2. The Kier molecular flexibility index (Phi) is 6.46. The van der Waals surface area contributed by atoms with Crippen LogP contribution in [0.4, 0.5) is 11.4 Å². The van der Waals surface area contributed by atoms with Gasteiger partial charge in [-0.05, 0) is 49.1 Å². The van der Waals surface area contributed by atoms with Crippen molar-refractivity contribution >= 4 is 46.0 Å². The molecule has 1 atom stereocenters. The van der Waals surface area contributed by atoms with Crippen LogP contribution in [-0.4, -0.2) is 40.7 Å². The molecule has 0 unspecified atom stereocenters. The zero-order chi connectivity index (χ0) is 23.5. The molecule has 9 heteroatoms. The first-order chi connectivity index (χ1) is 16.6. The molecule has 3 aromatic rings.